The van der Waals surface area contributed by atoms with Crippen LogP contribution >= 0.6 is 0 Å². The van der Waals surface area contributed by atoms with E-state index in [1.165, 1.54) is 12.8 Å². The minimum absolute atomic E-state index is 0.176. The Hall–Kier alpha value is -1.43. The Balaban J connectivity index is 1.79. The van der Waals surface area contributed by atoms with Gasteiger partial charge in [-0.1, -0.05) is 18.1 Å². The van der Waals surface area contributed by atoms with Gasteiger partial charge in [0.05, 0.1) is 24.4 Å². The van der Waals surface area contributed by atoms with Gasteiger partial charge in [0.15, 0.2) is 0 Å². The second-order valence-corrected chi connectivity index (χ2v) is 5.58. The number of carbonyl (C=O) groups is 1. The number of hydrogen-bond acceptors (Lipinski definition) is 4. The van der Waals surface area contributed by atoms with Crippen molar-refractivity contribution in [3.8, 4) is 0 Å². The van der Waals surface area contributed by atoms with E-state index in [9.17, 15) is 4.79 Å². The number of amides is 1. The third-order valence-electron chi connectivity index (χ3n) is 3.95. The van der Waals surface area contributed by atoms with Crippen LogP contribution in [0, 0.1) is 5.92 Å². The van der Waals surface area contributed by atoms with Gasteiger partial charge in [0.25, 0.3) is 0 Å². The minimum Gasteiger partial charge on any atom is -0.381 e. The van der Waals surface area contributed by atoms with E-state index in [4.69, 9.17) is 10.5 Å². The van der Waals surface area contributed by atoms with Gasteiger partial charge in [-0.25, -0.2) is 4.68 Å². The van der Waals surface area contributed by atoms with Crippen LogP contribution in [0.4, 0.5) is 0 Å². The summed E-state index contributed by atoms with van der Waals surface area (Å²) >= 11 is 0. The van der Waals surface area contributed by atoms with Crippen LogP contribution in [0.3, 0.4) is 0 Å². The zero-order valence-electron chi connectivity index (χ0n) is 11.0. The molecule has 1 aliphatic heterocycles. The van der Waals surface area contributed by atoms with Gasteiger partial charge in [-0.05, 0) is 18.8 Å². The fourth-order valence-electron chi connectivity index (χ4n) is 2.72. The molecule has 2 fully saturated rings. The molecule has 1 amide bonds. The van der Waals surface area contributed by atoms with Crippen molar-refractivity contribution in [3.63, 3.8) is 0 Å². The van der Waals surface area contributed by atoms with Crippen LogP contribution in [-0.2, 0) is 22.5 Å². The van der Waals surface area contributed by atoms with Crippen molar-refractivity contribution in [2.75, 3.05) is 13.2 Å². The van der Waals surface area contributed by atoms with Crippen molar-refractivity contribution in [2.45, 2.75) is 44.6 Å². The highest BCUT2D eigenvalue weighted by Crippen LogP contribution is 2.34. The zero-order chi connectivity index (χ0) is 13.2. The predicted octanol–water partition coefficient (Wildman–Crippen LogP) is 0.610. The first kappa shape index (κ1) is 12.6. The lowest BCUT2D eigenvalue weighted by molar-refractivity contribution is -0.117. The molecule has 2 aliphatic rings. The van der Waals surface area contributed by atoms with E-state index in [0.717, 1.165) is 43.3 Å². The van der Waals surface area contributed by atoms with Crippen molar-refractivity contribution < 1.29 is 9.53 Å². The van der Waals surface area contributed by atoms with Crippen molar-refractivity contribution in [2.24, 2.45) is 11.7 Å². The van der Waals surface area contributed by atoms with Gasteiger partial charge >= 0.3 is 0 Å². The first-order valence-electron chi connectivity index (χ1n) is 7.02. The highest BCUT2D eigenvalue weighted by atomic mass is 16.5. The van der Waals surface area contributed by atoms with Crippen molar-refractivity contribution in [3.05, 3.63) is 11.4 Å². The van der Waals surface area contributed by atoms with E-state index in [0.29, 0.717) is 12.5 Å². The van der Waals surface area contributed by atoms with Crippen LogP contribution in [0.5, 0.6) is 0 Å². The van der Waals surface area contributed by atoms with Gasteiger partial charge in [-0.15, -0.1) is 5.10 Å². The molecule has 1 atom stereocenters. The van der Waals surface area contributed by atoms with E-state index >= 15 is 0 Å². The van der Waals surface area contributed by atoms with Gasteiger partial charge in [0, 0.05) is 19.1 Å². The maximum Gasteiger partial charge on any atom is 0.223 e. The van der Waals surface area contributed by atoms with Crippen molar-refractivity contribution in [1.29, 1.82) is 0 Å². The molecule has 1 aliphatic carbocycles. The minimum atomic E-state index is -0.352. The Morgan fingerprint density at radius 3 is 2.89 bits per heavy atom. The lowest BCUT2D eigenvalue weighted by Gasteiger charge is -2.12. The molecule has 0 radical (unpaired) electrons. The van der Waals surface area contributed by atoms with Crippen LogP contribution in [0.2, 0.25) is 0 Å². The highest BCUT2D eigenvalue weighted by molar-refractivity contribution is 5.76. The maximum atomic E-state index is 11.1. The fraction of sp³-hybridized carbons (Fsp3) is 0.769. The Morgan fingerprint density at radius 1 is 1.42 bits per heavy atom. The second kappa shape index (κ2) is 5.28. The third kappa shape index (κ3) is 2.94. The SMILES string of the molecule is NC(=O)Cc1nnn(CCC2CC2)c1C1CCOC1. The molecular formula is C13H20N4O2. The molecule has 1 aromatic heterocycles. The molecule has 1 saturated carbocycles. The zero-order valence-corrected chi connectivity index (χ0v) is 11.0. The van der Waals surface area contributed by atoms with Gasteiger partial charge in [-0.2, -0.15) is 0 Å². The lowest BCUT2D eigenvalue weighted by Crippen LogP contribution is -2.17. The van der Waals surface area contributed by atoms with E-state index in [1.54, 1.807) is 0 Å². The Bertz CT molecular complexity index is 461. The molecule has 6 heteroatoms. The van der Waals surface area contributed by atoms with Crippen LogP contribution in [-0.4, -0.2) is 34.1 Å². The normalized spacial score (nSPS) is 22.8. The summed E-state index contributed by atoms with van der Waals surface area (Å²) in [6.45, 7) is 2.36. The summed E-state index contributed by atoms with van der Waals surface area (Å²) in [6.07, 6.45) is 4.98. The number of ether oxygens (including phenoxy) is 1. The predicted molar refractivity (Wildman–Crippen MR) is 68.4 cm³/mol. The molecule has 1 saturated heterocycles. The van der Waals surface area contributed by atoms with E-state index in [2.05, 4.69) is 10.3 Å². The van der Waals surface area contributed by atoms with E-state index in [-0.39, 0.29) is 12.3 Å². The molecule has 2 N–H and O–H groups in total. The summed E-state index contributed by atoms with van der Waals surface area (Å²) in [6, 6.07) is 0. The van der Waals surface area contributed by atoms with Crippen LogP contribution in [0.1, 0.15) is 43.0 Å². The van der Waals surface area contributed by atoms with E-state index < -0.39 is 0 Å². The Labute approximate surface area is 112 Å². The largest absolute Gasteiger partial charge is 0.381 e. The number of rotatable bonds is 6. The number of hydrogen-bond donors (Lipinski definition) is 1. The molecule has 0 bridgehead atoms. The topological polar surface area (TPSA) is 83.0 Å². The molecule has 3 rings (SSSR count). The van der Waals surface area contributed by atoms with Crippen LogP contribution in [0.25, 0.3) is 0 Å². The molecule has 0 aromatic carbocycles. The summed E-state index contributed by atoms with van der Waals surface area (Å²) in [7, 11) is 0. The molecular weight excluding hydrogens is 244 g/mol. The van der Waals surface area contributed by atoms with Crippen molar-refractivity contribution in [1.82, 2.24) is 15.0 Å². The quantitative estimate of drug-likeness (QED) is 0.816. The van der Waals surface area contributed by atoms with Crippen LogP contribution in [0.15, 0.2) is 0 Å². The molecule has 19 heavy (non-hydrogen) atoms. The number of nitrogens with two attached hydrogens (primary N) is 1. The molecule has 6 nitrogen and oxygen atoms in total. The average Bonchev–Trinajstić information content (AvgIpc) is 2.88. The third-order valence-corrected chi connectivity index (χ3v) is 3.95. The molecule has 1 aromatic rings. The Kier molecular flexibility index (Phi) is 3.50. The van der Waals surface area contributed by atoms with Gasteiger partial charge in [0.2, 0.25) is 5.91 Å². The first-order valence-corrected chi connectivity index (χ1v) is 7.02. The number of carbonyl (C=O) groups excluding carboxylic acids is 1. The molecule has 104 valence electrons. The molecule has 2 heterocycles. The maximum absolute atomic E-state index is 11.1. The number of primary amides is 1. The van der Waals surface area contributed by atoms with Gasteiger partial charge in [0.1, 0.15) is 0 Å². The van der Waals surface area contributed by atoms with Gasteiger partial charge < -0.3 is 10.5 Å². The van der Waals surface area contributed by atoms with Gasteiger partial charge in [-0.3, -0.25) is 4.79 Å². The molecule has 0 spiro atoms. The first-order chi connectivity index (χ1) is 9.24. The number of aromatic nitrogens is 3. The Morgan fingerprint density at radius 2 is 2.26 bits per heavy atom. The summed E-state index contributed by atoms with van der Waals surface area (Å²) in [5.74, 6) is 0.814. The lowest BCUT2D eigenvalue weighted by atomic mass is 10.0. The van der Waals surface area contributed by atoms with E-state index in [1.807, 2.05) is 4.68 Å². The monoisotopic (exact) mass is 264 g/mol. The van der Waals surface area contributed by atoms with Crippen LogP contribution < -0.4 is 5.73 Å². The molecule has 1 unspecified atom stereocenters. The summed E-state index contributed by atoms with van der Waals surface area (Å²) in [4.78, 5) is 11.1. The average molecular weight is 264 g/mol. The van der Waals surface area contributed by atoms with Crippen molar-refractivity contribution >= 4 is 5.91 Å². The summed E-state index contributed by atoms with van der Waals surface area (Å²) in [5.41, 5.74) is 7.09. The standard InChI is InChI=1S/C13H20N4O2/c14-12(18)7-11-13(10-4-6-19-8-10)17(16-15-11)5-3-9-1-2-9/h9-10H,1-8H2,(H2,14,18). The number of aryl methyl sites for hydroxylation is 1. The smallest absolute Gasteiger partial charge is 0.223 e. The summed E-state index contributed by atoms with van der Waals surface area (Å²) in [5, 5.41) is 8.37. The fourth-order valence-corrected chi connectivity index (χ4v) is 2.72. The second-order valence-electron chi connectivity index (χ2n) is 5.58. The summed E-state index contributed by atoms with van der Waals surface area (Å²) < 4.78 is 7.42. The highest BCUT2D eigenvalue weighted by Gasteiger charge is 2.28. The number of nitrogens with zero attached hydrogens (tertiary/aromatic N) is 3.